The number of aryl methyl sites for hydroxylation is 1. The Labute approximate surface area is 130 Å². The molecule has 0 N–H and O–H groups in total. The summed E-state index contributed by atoms with van der Waals surface area (Å²) in [5.41, 5.74) is 1.41. The third-order valence-corrected chi connectivity index (χ3v) is 3.31. The normalized spacial score (nSPS) is 10.7. The van der Waals surface area contributed by atoms with Crippen molar-refractivity contribution in [1.82, 2.24) is 9.38 Å². The van der Waals surface area contributed by atoms with E-state index < -0.39 is 4.92 Å². The molecular formula is C16H13N3O4. The highest BCUT2D eigenvalue weighted by Gasteiger charge is 2.15. The smallest absolute Gasteiger partial charge is 0.310 e. The molecular weight excluding hydrogens is 298 g/mol. The highest BCUT2D eigenvalue weighted by molar-refractivity contribution is 5.48. The van der Waals surface area contributed by atoms with Crippen molar-refractivity contribution >= 4 is 11.3 Å². The van der Waals surface area contributed by atoms with E-state index in [0.29, 0.717) is 11.3 Å². The molecule has 0 aliphatic heterocycles. The van der Waals surface area contributed by atoms with Crippen LogP contribution in [-0.4, -0.2) is 14.3 Å². The van der Waals surface area contributed by atoms with Crippen molar-refractivity contribution in [3.05, 3.63) is 80.4 Å². The lowest BCUT2D eigenvalue weighted by molar-refractivity contribution is -0.386. The van der Waals surface area contributed by atoms with E-state index in [4.69, 9.17) is 4.74 Å². The van der Waals surface area contributed by atoms with E-state index in [1.807, 2.05) is 6.92 Å². The fraction of sp³-hybridized carbons (Fsp3) is 0.125. The van der Waals surface area contributed by atoms with Gasteiger partial charge in [-0.15, -0.1) is 0 Å². The lowest BCUT2D eigenvalue weighted by Crippen LogP contribution is -2.16. The number of hydrogen-bond acceptors (Lipinski definition) is 5. The Morgan fingerprint density at radius 3 is 2.87 bits per heavy atom. The third-order valence-electron chi connectivity index (χ3n) is 3.31. The van der Waals surface area contributed by atoms with Gasteiger partial charge in [0.05, 0.1) is 10.6 Å². The molecule has 1 aromatic carbocycles. The topological polar surface area (TPSA) is 86.7 Å². The van der Waals surface area contributed by atoms with Gasteiger partial charge in [0.1, 0.15) is 12.3 Å². The SMILES string of the molecule is Cc1ccc([N+](=O)[O-])c(OCc2cc(=O)n3ccccc3n2)c1. The molecule has 0 bridgehead atoms. The van der Waals surface area contributed by atoms with Crippen molar-refractivity contribution in [2.24, 2.45) is 0 Å². The summed E-state index contributed by atoms with van der Waals surface area (Å²) in [5, 5.41) is 11.0. The molecule has 7 nitrogen and oxygen atoms in total. The van der Waals surface area contributed by atoms with E-state index in [9.17, 15) is 14.9 Å². The molecule has 0 fully saturated rings. The molecule has 116 valence electrons. The molecule has 2 aromatic heterocycles. The van der Waals surface area contributed by atoms with E-state index in [1.54, 1.807) is 36.5 Å². The van der Waals surface area contributed by atoms with Crippen LogP contribution in [0.25, 0.3) is 5.65 Å². The summed E-state index contributed by atoms with van der Waals surface area (Å²) in [7, 11) is 0. The van der Waals surface area contributed by atoms with Gasteiger partial charge >= 0.3 is 5.69 Å². The van der Waals surface area contributed by atoms with Crippen LogP contribution in [0, 0.1) is 17.0 Å². The largest absolute Gasteiger partial charge is 0.480 e. The molecule has 0 spiro atoms. The summed E-state index contributed by atoms with van der Waals surface area (Å²) < 4.78 is 6.93. The zero-order valence-electron chi connectivity index (χ0n) is 12.3. The number of nitrogens with zero attached hydrogens (tertiary/aromatic N) is 3. The van der Waals surface area contributed by atoms with Crippen molar-refractivity contribution in [1.29, 1.82) is 0 Å². The van der Waals surface area contributed by atoms with Gasteiger partial charge in [-0.2, -0.15) is 0 Å². The van der Waals surface area contributed by atoms with E-state index in [1.165, 1.54) is 16.5 Å². The Balaban J connectivity index is 1.91. The van der Waals surface area contributed by atoms with Gasteiger partial charge in [0, 0.05) is 18.3 Å². The van der Waals surface area contributed by atoms with E-state index in [0.717, 1.165) is 5.56 Å². The predicted octanol–water partition coefficient (Wildman–Crippen LogP) is 2.49. The molecule has 2 heterocycles. The number of aromatic nitrogens is 2. The number of rotatable bonds is 4. The molecule has 0 saturated carbocycles. The molecule has 0 unspecified atom stereocenters. The predicted molar refractivity (Wildman–Crippen MR) is 83.6 cm³/mol. The second-order valence-electron chi connectivity index (χ2n) is 5.03. The minimum absolute atomic E-state index is 0.0229. The number of ether oxygens (including phenoxy) is 1. The summed E-state index contributed by atoms with van der Waals surface area (Å²) in [5.74, 6) is 0.157. The highest BCUT2D eigenvalue weighted by atomic mass is 16.6. The highest BCUT2D eigenvalue weighted by Crippen LogP contribution is 2.28. The molecule has 0 atom stereocenters. The standard InChI is InChI=1S/C16H13N3O4/c1-11-5-6-13(19(21)22)14(8-11)23-10-12-9-16(20)18-7-3-2-4-15(18)17-12/h2-9H,10H2,1H3. The average Bonchev–Trinajstić information content (AvgIpc) is 2.53. The maximum atomic E-state index is 12.0. The number of fused-ring (bicyclic) bond motifs is 1. The Morgan fingerprint density at radius 1 is 1.26 bits per heavy atom. The van der Waals surface area contributed by atoms with E-state index in [2.05, 4.69) is 4.98 Å². The van der Waals surface area contributed by atoms with Gasteiger partial charge in [-0.05, 0) is 30.7 Å². The van der Waals surface area contributed by atoms with Gasteiger partial charge in [-0.3, -0.25) is 19.3 Å². The van der Waals surface area contributed by atoms with Gasteiger partial charge in [0.25, 0.3) is 5.56 Å². The summed E-state index contributed by atoms with van der Waals surface area (Å²) >= 11 is 0. The maximum absolute atomic E-state index is 12.0. The first-order chi connectivity index (χ1) is 11.0. The van der Waals surface area contributed by atoms with Crippen LogP contribution in [0.1, 0.15) is 11.3 Å². The monoisotopic (exact) mass is 311 g/mol. The molecule has 0 amide bonds. The lowest BCUT2D eigenvalue weighted by Gasteiger charge is -2.08. The minimum atomic E-state index is -0.503. The molecule has 0 radical (unpaired) electrons. The number of hydrogen-bond donors (Lipinski definition) is 0. The van der Waals surface area contributed by atoms with Crippen LogP contribution in [0.4, 0.5) is 5.69 Å². The van der Waals surface area contributed by atoms with Crippen molar-refractivity contribution < 1.29 is 9.66 Å². The summed E-state index contributed by atoms with van der Waals surface area (Å²) in [6, 6.07) is 11.2. The molecule has 23 heavy (non-hydrogen) atoms. The zero-order valence-corrected chi connectivity index (χ0v) is 12.3. The Kier molecular flexibility index (Phi) is 3.76. The maximum Gasteiger partial charge on any atom is 0.310 e. The quantitative estimate of drug-likeness (QED) is 0.545. The van der Waals surface area contributed by atoms with Crippen LogP contribution in [0.2, 0.25) is 0 Å². The summed E-state index contributed by atoms with van der Waals surface area (Å²) in [4.78, 5) is 26.8. The van der Waals surface area contributed by atoms with Crippen molar-refractivity contribution in [2.45, 2.75) is 13.5 Å². The average molecular weight is 311 g/mol. The van der Waals surface area contributed by atoms with Gasteiger partial charge in [0.15, 0.2) is 5.75 Å². The fourth-order valence-electron chi connectivity index (χ4n) is 2.22. The van der Waals surface area contributed by atoms with Crippen LogP contribution in [-0.2, 0) is 6.61 Å². The number of nitro benzene ring substituents is 1. The molecule has 0 saturated heterocycles. The minimum Gasteiger partial charge on any atom is -0.480 e. The lowest BCUT2D eigenvalue weighted by atomic mass is 10.2. The molecule has 3 rings (SSSR count). The van der Waals surface area contributed by atoms with E-state index in [-0.39, 0.29) is 23.6 Å². The zero-order chi connectivity index (χ0) is 16.4. The first-order valence-corrected chi connectivity index (χ1v) is 6.90. The fourth-order valence-corrected chi connectivity index (χ4v) is 2.22. The van der Waals surface area contributed by atoms with Gasteiger partial charge in [-0.25, -0.2) is 4.98 Å². The van der Waals surface area contributed by atoms with Gasteiger partial charge in [0.2, 0.25) is 0 Å². The first kappa shape index (κ1) is 14.7. The third kappa shape index (κ3) is 3.03. The van der Waals surface area contributed by atoms with E-state index >= 15 is 0 Å². The molecule has 7 heteroatoms. The van der Waals surface area contributed by atoms with Crippen LogP contribution >= 0.6 is 0 Å². The van der Waals surface area contributed by atoms with Gasteiger partial charge < -0.3 is 4.74 Å². The Morgan fingerprint density at radius 2 is 2.09 bits per heavy atom. The first-order valence-electron chi connectivity index (χ1n) is 6.90. The van der Waals surface area contributed by atoms with Crippen LogP contribution in [0.5, 0.6) is 5.75 Å². The van der Waals surface area contributed by atoms with Crippen molar-refractivity contribution in [2.75, 3.05) is 0 Å². The summed E-state index contributed by atoms with van der Waals surface area (Å²) in [6.07, 6.45) is 1.63. The second-order valence-corrected chi connectivity index (χ2v) is 5.03. The van der Waals surface area contributed by atoms with Crippen molar-refractivity contribution in [3.8, 4) is 5.75 Å². The second kappa shape index (κ2) is 5.88. The number of nitro groups is 1. The molecule has 0 aliphatic rings. The van der Waals surface area contributed by atoms with Crippen LogP contribution in [0.15, 0.2) is 53.5 Å². The number of pyridine rings is 1. The van der Waals surface area contributed by atoms with Gasteiger partial charge in [-0.1, -0.05) is 12.1 Å². The van der Waals surface area contributed by atoms with Crippen LogP contribution < -0.4 is 10.3 Å². The van der Waals surface area contributed by atoms with Crippen LogP contribution in [0.3, 0.4) is 0 Å². The molecule has 0 aliphatic carbocycles. The Hall–Kier alpha value is -3.22. The van der Waals surface area contributed by atoms with Crippen molar-refractivity contribution in [3.63, 3.8) is 0 Å². The number of benzene rings is 1. The molecule has 3 aromatic rings. The summed E-state index contributed by atoms with van der Waals surface area (Å²) in [6.45, 7) is 1.79. The Bertz CT molecular complexity index is 949.